The van der Waals surface area contributed by atoms with E-state index in [1.165, 1.54) is 0 Å². The lowest BCUT2D eigenvalue weighted by molar-refractivity contribution is 0.536. The van der Waals surface area contributed by atoms with Crippen molar-refractivity contribution in [2.24, 2.45) is 0 Å². The number of hydrogen-bond acceptors (Lipinski definition) is 4. The van der Waals surface area contributed by atoms with E-state index in [0.717, 1.165) is 18.5 Å². The summed E-state index contributed by atoms with van der Waals surface area (Å²) in [6, 6.07) is 0.194. The fourth-order valence-electron chi connectivity index (χ4n) is 1.98. The monoisotopic (exact) mass is 302 g/mol. The molecule has 1 atom stereocenters. The molecule has 0 amide bonds. The van der Waals surface area contributed by atoms with Gasteiger partial charge in [0.15, 0.2) is 5.03 Å². The lowest BCUT2D eigenvalue weighted by atomic mass is 10.2. The molecule has 1 unspecified atom stereocenters. The molecule has 116 valence electrons. The van der Waals surface area contributed by atoms with Crippen LogP contribution in [0.4, 0.5) is 0 Å². The van der Waals surface area contributed by atoms with Crippen LogP contribution in [0.1, 0.15) is 51.8 Å². The first kappa shape index (κ1) is 17.1. The molecule has 0 spiro atoms. The number of nitrogens with one attached hydrogen (secondary N) is 3. The van der Waals surface area contributed by atoms with E-state index < -0.39 is 10.0 Å². The van der Waals surface area contributed by atoms with E-state index in [1.807, 2.05) is 34.6 Å². The van der Waals surface area contributed by atoms with Gasteiger partial charge in [0.2, 0.25) is 0 Å². The van der Waals surface area contributed by atoms with Crippen molar-refractivity contribution in [1.82, 2.24) is 20.2 Å². The highest BCUT2D eigenvalue weighted by Crippen LogP contribution is 2.17. The Kier molecular flexibility index (Phi) is 6.16. The van der Waals surface area contributed by atoms with Gasteiger partial charge in [-0.1, -0.05) is 27.2 Å². The second-order valence-corrected chi connectivity index (χ2v) is 7.11. The highest BCUT2D eigenvalue weighted by Gasteiger charge is 2.25. The average molecular weight is 302 g/mol. The standard InChI is InChI=1S/C13H26N4O2S/c1-6-7-10(4)17-20(18,19)13-12(8-14-9(2)3)11(5)15-16-13/h9-10,14,17H,6-8H2,1-5H3,(H,15,16). The van der Waals surface area contributed by atoms with Crippen molar-refractivity contribution < 1.29 is 8.42 Å². The number of sulfonamides is 1. The largest absolute Gasteiger partial charge is 0.310 e. The molecule has 0 aliphatic rings. The van der Waals surface area contributed by atoms with Gasteiger partial charge in [0.05, 0.1) is 0 Å². The lowest BCUT2D eigenvalue weighted by Crippen LogP contribution is -2.34. The van der Waals surface area contributed by atoms with Gasteiger partial charge in [-0.2, -0.15) is 5.10 Å². The third kappa shape index (κ3) is 4.57. The van der Waals surface area contributed by atoms with Crippen LogP contribution in [0.3, 0.4) is 0 Å². The summed E-state index contributed by atoms with van der Waals surface area (Å²) in [6.07, 6.45) is 1.74. The molecule has 3 N–H and O–H groups in total. The van der Waals surface area contributed by atoms with Crippen molar-refractivity contribution in [3.63, 3.8) is 0 Å². The lowest BCUT2D eigenvalue weighted by Gasteiger charge is -2.14. The highest BCUT2D eigenvalue weighted by molar-refractivity contribution is 7.89. The molecule has 1 aromatic heterocycles. The zero-order valence-corrected chi connectivity index (χ0v) is 13.8. The molecular weight excluding hydrogens is 276 g/mol. The quantitative estimate of drug-likeness (QED) is 0.682. The molecule has 0 aliphatic heterocycles. The van der Waals surface area contributed by atoms with Crippen LogP contribution in [0.2, 0.25) is 0 Å². The van der Waals surface area contributed by atoms with E-state index in [1.54, 1.807) is 0 Å². The van der Waals surface area contributed by atoms with Crippen molar-refractivity contribution in [3.05, 3.63) is 11.3 Å². The Bertz CT molecular complexity index is 522. The molecule has 6 nitrogen and oxygen atoms in total. The summed E-state index contributed by atoms with van der Waals surface area (Å²) in [4.78, 5) is 0. The van der Waals surface area contributed by atoms with Crippen LogP contribution in [0.15, 0.2) is 5.03 Å². The molecule has 0 aliphatic carbocycles. The molecule has 0 aromatic carbocycles. The molecule has 7 heteroatoms. The van der Waals surface area contributed by atoms with E-state index in [0.29, 0.717) is 12.1 Å². The van der Waals surface area contributed by atoms with Gasteiger partial charge < -0.3 is 5.32 Å². The van der Waals surface area contributed by atoms with Gasteiger partial charge in [-0.3, -0.25) is 5.10 Å². The van der Waals surface area contributed by atoms with Crippen molar-refractivity contribution in [3.8, 4) is 0 Å². The second kappa shape index (κ2) is 7.19. The minimum Gasteiger partial charge on any atom is -0.310 e. The topological polar surface area (TPSA) is 86.9 Å². The van der Waals surface area contributed by atoms with Gasteiger partial charge in [0, 0.05) is 29.9 Å². The molecule has 0 saturated carbocycles. The fraction of sp³-hybridized carbons (Fsp3) is 0.769. The minimum atomic E-state index is -3.57. The molecule has 1 aromatic rings. The molecule has 1 rings (SSSR count). The van der Waals surface area contributed by atoms with Crippen molar-refractivity contribution in [2.45, 2.75) is 71.1 Å². The summed E-state index contributed by atoms with van der Waals surface area (Å²) in [7, 11) is -3.57. The number of rotatable bonds is 8. The zero-order valence-electron chi connectivity index (χ0n) is 12.9. The Balaban J connectivity index is 2.94. The molecule has 0 radical (unpaired) electrons. The minimum absolute atomic E-state index is 0.0899. The van der Waals surface area contributed by atoms with Crippen LogP contribution in [-0.2, 0) is 16.6 Å². The predicted octanol–water partition coefficient (Wildman–Crippen LogP) is 1.68. The summed E-state index contributed by atoms with van der Waals surface area (Å²) in [6.45, 7) is 10.3. The van der Waals surface area contributed by atoms with E-state index >= 15 is 0 Å². The van der Waals surface area contributed by atoms with Crippen LogP contribution in [0.25, 0.3) is 0 Å². The SMILES string of the molecule is CCCC(C)NS(=O)(=O)c1n[nH]c(C)c1CNC(C)C. The second-order valence-electron chi connectivity index (χ2n) is 5.48. The van der Waals surface area contributed by atoms with Gasteiger partial charge in [0.25, 0.3) is 10.0 Å². The van der Waals surface area contributed by atoms with Crippen LogP contribution in [0, 0.1) is 6.92 Å². The Hall–Kier alpha value is -0.920. The zero-order chi connectivity index (χ0) is 15.3. The van der Waals surface area contributed by atoms with Gasteiger partial charge in [-0.15, -0.1) is 0 Å². The summed E-state index contributed by atoms with van der Waals surface area (Å²) < 4.78 is 27.4. The summed E-state index contributed by atoms with van der Waals surface area (Å²) in [5.41, 5.74) is 1.48. The van der Waals surface area contributed by atoms with Gasteiger partial charge in [-0.25, -0.2) is 13.1 Å². The van der Waals surface area contributed by atoms with Crippen LogP contribution >= 0.6 is 0 Å². The van der Waals surface area contributed by atoms with E-state index in [-0.39, 0.29) is 17.1 Å². The third-order valence-corrected chi connectivity index (χ3v) is 4.62. The summed E-state index contributed by atoms with van der Waals surface area (Å²) >= 11 is 0. The highest BCUT2D eigenvalue weighted by atomic mass is 32.2. The van der Waals surface area contributed by atoms with Gasteiger partial charge >= 0.3 is 0 Å². The first-order chi connectivity index (χ1) is 9.27. The molecule has 1 heterocycles. The first-order valence-corrected chi connectivity index (χ1v) is 8.55. The Morgan fingerprint density at radius 2 is 1.95 bits per heavy atom. The normalized spacial score (nSPS) is 13.9. The summed E-state index contributed by atoms with van der Waals surface area (Å²) in [5.74, 6) is 0. The van der Waals surface area contributed by atoms with Gasteiger partial charge in [0.1, 0.15) is 0 Å². The number of aromatic amines is 1. The van der Waals surface area contributed by atoms with E-state index in [9.17, 15) is 8.42 Å². The first-order valence-electron chi connectivity index (χ1n) is 7.07. The van der Waals surface area contributed by atoms with Crippen LogP contribution < -0.4 is 10.0 Å². The van der Waals surface area contributed by atoms with E-state index in [2.05, 4.69) is 20.2 Å². The molecule has 0 saturated heterocycles. The Morgan fingerprint density at radius 1 is 1.30 bits per heavy atom. The molecule has 0 fully saturated rings. The number of H-pyrrole nitrogens is 1. The van der Waals surface area contributed by atoms with Crippen LogP contribution in [0.5, 0.6) is 0 Å². The third-order valence-electron chi connectivity index (χ3n) is 3.06. The van der Waals surface area contributed by atoms with Crippen molar-refractivity contribution >= 4 is 10.0 Å². The summed E-state index contributed by atoms with van der Waals surface area (Å²) in [5, 5.41) is 10.1. The number of aryl methyl sites for hydroxylation is 1. The molecular formula is C13H26N4O2S. The van der Waals surface area contributed by atoms with E-state index in [4.69, 9.17) is 0 Å². The van der Waals surface area contributed by atoms with Crippen LogP contribution in [-0.4, -0.2) is 30.7 Å². The fourth-order valence-corrected chi connectivity index (χ4v) is 3.45. The van der Waals surface area contributed by atoms with Crippen molar-refractivity contribution in [1.29, 1.82) is 0 Å². The molecule has 20 heavy (non-hydrogen) atoms. The Labute approximate surface area is 121 Å². The number of nitrogens with zero attached hydrogens (tertiary/aromatic N) is 1. The maximum absolute atomic E-state index is 12.4. The number of hydrogen-bond donors (Lipinski definition) is 3. The van der Waals surface area contributed by atoms with Gasteiger partial charge in [-0.05, 0) is 20.3 Å². The van der Waals surface area contributed by atoms with Crippen molar-refractivity contribution in [2.75, 3.05) is 0 Å². The maximum atomic E-state index is 12.4. The average Bonchev–Trinajstić information content (AvgIpc) is 2.68. The smallest absolute Gasteiger partial charge is 0.260 e. The Morgan fingerprint density at radius 3 is 2.50 bits per heavy atom. The molecule has 0 bridgehead atoms. The number of aromatic nitrogens is 2. The predicted molar refractivity (Wildman–Crippen MR) is 80.0 cm³/mol. The maximum Gasteiger partial charge on any atom is 0.260 e.